The highest BCUT2D eigenvalue weighted by atomic mass is 79.9. The van der Waals surface area contributed by atoms with Gasteiger partial charge in [0, 0.05) is 10.0 Å². The van der Waals surface area contributed by atoms with Crippen molar-refractivity contribution in [1.82, 2.24) is 5.43 Å². The first kappa shape index (κ1) is 23.3. The number of ether oxygens (including phenoxy) is 2. The molecule has 0 aliphatic carbocycles. The fourth-order valence-electron chi connectivity index (χ4n) is 2.71. The normalized spacial score (nSPS) is 11.2. The molecule has 0 radical (unpaired) electrons. The van der Waals surface area contributed by atoms with E-state index in [0.717, 1.165) is 0 Å². The van der Waals surface area contributed by atoms with Crippen LogP contribution in [0.15, 0.2) is 81.2 Å². The minimum atomic E-state index is -4.12. The van der Waals surface area contributed by atoms with Crippen molar-refractivity contribution in [3.63, 3.8) is 0 Å². The molecule has 0 heterocycles. The molecule has 1 N–H and O–H groups in total. The third-order valence-electron chi connectivity index (χ3n) is 4.23. The molecule has 166 valence electrons. The van der Waals surface area contributed by atoms with Gasteiger partial charge in [0.25, 0.3) is 5.91 Å². The summed E-state index contributed by atoms with van der Waals surface area (Å²) < 4.78 is 41.9. The Kier molecular flexibility index (Phi) is 7.49. The van der Waals surface area contributed by atoms with Crippen LogP contribution in [-0.4, -0.2) is 34.8 Å². The Hall–Kier alpha value is -3.37. The topological polar surface area (TPSA) is 103 Å². The van der Waals surface area contributed by atoms with E-state index in [2.05, 4.69) is 26.5 Å². The number of para-hydroxylation sites is 1. The molecule has 0 aromatic heterocycles. The summed E-state index contributed by atoms with van der Waals surface area (Å²) in [4.78, 5) is 12.5. The summed E-state index contributed by atoms with van der Waals surface area (Å²) in [6.45, 7) is 0. The van der Waals surface area contributed by atoms with Crippen LogP contribution in [0.3, 0.4) is 0 Å². The molecule has 32 heavy (non-hydrogen) atoms. The number of hydrazone groups is 1. The Labute approximate surface area is 194 Å². The summed E-state index contributed by atoms with van der Waals surface area (Å²) in [6.07, 6.45) is 1.26. The lowest BCUT2D eigenvalue weighted by atomic mass is 10.2. The van der Waals surface area contributed by atoms with Gasteiger partial charge in [-0.3, -0.25) is 4.79 Å². The number of benzene rings is 3. The fourth-order valence-corrected chi connectivity index (χ4v) is 4.05. The van der Waals surface area contributed by atoms with Crippen LogP contribution in [0.2, 0.25) is 0 Å². The predicted molar refractivity (Wildman–Crippen MR) is 123 cm³/mol. The van der Waals surface area contributed by atoms with E-state index < -0.39 is 16.0 Å². The highest BCUT2D eigenvalue weighted by Gasteiger charge is 2.21. The molecule has 3 rings (SSSR count). The standard InChI is InChI=1S/C22H19BrN2O6S/c1-29-19-12-11-16(23)13-18(19)22(26)25-24-14-15-7-6-10-20(30-2)21(15)31-32(27,28)17-8-4-3-5-9-17/h3-14H,1-2H3,(H,25,26)/b24-14-. The molecular weight excluding hydrogens is 500 g/mol. The first-order valence-corrected chi connectivity index (χ1v) is 11.4. The van der Waals surface area contributed by atoms with Crippen LogP contribution in [0.1, 0.15) is 15.9 Å². The summed E-state index contributed by atoms with van der Waals surface area (Å²) in [7, 11) is -1.27. The number of amides is 1. The van der Waals surface area contributed by atoms with E-state index in [-0.39, 0.29) is 27.5 Å². The van der Waals surface area contributed by atoms with Gasteiger partial charge in [-0.25, -0.2) is 5.43 Å². The number of hydrogen-bond donors (Lipinski definition) is 1. The van der Waals surface area contributed by atoms with Crippen molar-refractivity contribution in [1.29, 1.82) is 0 Å². The number of rotatable bonds is 8. The first-order valence-electron chi connectivity index (χ1n) is 9.19. The zero-order chi connectivity index (χ0) is 23.1. The van der Waals surface area contributed by atoms with E-state index >= 15 is 0 Å². The number of carbonyl (C=O) groups is 1. The third kappa shape index (κ3) is 5.45. The monoisotopic (exact) mass is 518 g/mol. The summed E-state index contributed by atoms with van der Waals surface area (Å²) in [5.41, 5.74) is 2.95. The second-order valence-corrected chi connectivity index (χ2v) is 8.73. The lowest BCUT2D eigenvalue weighted by Gasteiger charge is -2.13. The Balaban J connectivity index is 1.87. The molecule has 0 aliphatic heterocycles. The van der Waals surface area contributed by atoms with Crippen LogP contribution < -0.4 is 19.1 Å². The highest BCUT2D eigenvalue weighted by Crippen LogP contribution is 2.32. The van der Waals surface area contributed by atoms with Crippen LogP contribution in [-0.2, 0) is 10.1 Å². The Morgan fingerprint density at radius 3 is 2.38 bits per heavy atom. The minimum Gasteiger partial charge on any atom is -0.496 e. The minimum absolute atomic E-state index is 0.0103. The van der Waals surface area contributed by atoms with Gasteiger partial charge in [-0.15, -0.1) is 0 Å². The van der Waals surface area contributed by atoms with Crippen LogP contribution in [0.5, 0.6) is 17.2 Å². The summed E-state index contributed by atoms with van der Waals surface area (Å²) in [6, 6.07) is 17.5. The Bertz CT molecular complexity index is 1250. The van der Waals surface area contributed by atoms with Gasteiger partial charge in [-0.1, -0.05) is 40.2 Å². The maximum Gasteiger partial charge on any atom is 0.339 e. The van der Waals surface area contributed by atoms with Gasteiger partial charge in [0.1, 0.15) is 10.6 Å². The molecule has 0 bridgehead atoms. The fraction of sp³-hybridized carbons (Fsp3) is 0.0909. The van der Waals surface area contributed by atoms with E-state index in [0.29, 0.717) is 10.2 Å². The molecule has 0 saturated heterocycles. The number of halogens is 1. The van der Waals surface area contributed by atoms with Gasteiger partial charge in [0.15, 0.2) is 11.5 Å². The Morgan fingerprint density at radius 1 is 0.969 bits per heavy atom. The smallest absolute Gasteiger partial charge is 0.339 e. The van der Waals surface area contributed by atoms with Gasteiger partial charge < -0.3 is 13.7 Å². The van der Waals surface area contributed by atoms with E-state index in [1.807, 2.05) is 0 Å². The molecular formula is C22H19BrN2O6S. The zero-order valence-electron chi connectivity index (χ0n) is 17.1. The molecule has 0 spiro atoms. The summed E-state index contributed by atoms with van der Waals surface area (Å²) in [5.74, 6) is -0.00717. The van der Waals surface area contributed by atoms with Crippen molar-refractivity contribution < 1.29 is 26.9 Å². The van der Waals surface area contributed by atoms with Gasteiger partial charge >= 0.3 is 10.1 Å². The van der Waals surface area contributed by atoms with Gasteiger partial charge in [-0.05, 0) is 42.5 Å². The lowest BCUT2D eigenvalue weighted by Crippen LogP contribution is -2.18. The van der Waals surface area contributed by atoms with E-state index in [1.165, 1.54) is 32.6 Å². The van der Waals surface area contributed by atoms with Gasteiger partial charge in [-0.2, -0.15) is 13.5 Å². The maximum atomic E-state index is 12.7. The van der Waals surface area contributed by atoms with Crippen LogP contribution >= 0.6 is 15.9 Å². The molecule has 3 aromatic carbocycles. The van der Waals surface area contributed by atoms with E-state index in [4.69, 9.17) is 13.7 Å². The molecule has 0 saturated carbocycles. The van der Waals surface area contributed by atoms with Crippen LogP contribution in [0.4, 0.5) is 0 Å². The average Bonchev–Trinajstić information content (AvgIpc) is 2.80. The highest BCUT2D eigenvalue weighted by molar-refractivity contribution is 9.10. The molecule has 8 nitrogen and oxygen atoms in total. The average molecular weight is 519 g/mol. The molecule has 0 unspecified atom stereocenters. The number of carbonyl (C=O) groups excluding carboxylic acids is 1. The molecule has 10 heteroatoms. The van der Waals surface area contributed by atoms with Gasteiger partial charge in [0.2, 0.25) is 0 Å². The van der Waals surface area contributed by atoms with Crippen LogP contribution in [0, 0.1) is 0 Å². The Morgan fingerprint density at radius 2 is 1.69 bits per heavy atom. The first-order chi connectivity index (χ1) is 15.4. The van der Waals surface area contributed by atoms with Crippen molar-refractivity contribution in [2.45, 2.75) is 4.90 Å². The zero-order valence-corrected chi connectivity index (χ0v) is 19.5. The number of nitrogens with one attached hydrogen (secondary N) is 1. The summed E-state index contributed by atoms with van der Waals surface area (Å²) in [5, 5.41) is 3.94. The van der Waals surface area contributed by atoms with Crippen molar-refractivity contribution in [2.75, 3.05) is 14.2 Å². The van der Waals surface area contributed by atoms with Gasteiger partial charge in [0.05, 0.1) is 26.0 Å². The number of methoxy groups -OCH3 is 2. The van der Waals surface area contributed by atoms with Crippen LogP contribution in [0.25, 0.3) is 0 Å². The van der Waals surface area contributed by atoms with Crippen molar-refractivity contribution >= 4 is 38.2 Å². The molecule has 0 atom stereocenters. The second kappa shape index (κ2) is 10.3. The molecule has 0 fully saturated rings. The molecule has 1 amide bonds. The summed E-state index contributed by atoms with van der Waals surface area (Å²) >= 11 is 3.31. The lowest BCUT2D eigenvalue weighted by molar-refractivity contribution is 0.0952. The molecule has 0 aliphatic rings. The molecule has 3 aromatic rings. The quantitative estimate of drug-likeness (QED) is 0.274. The third-order valence-corrected chi connectivity index (χ3v) is 5.96. The van der Waals surface area contributed by atoms with Crippen molar-refractivity contribution in [3.05, 3.63) is 82.3 Å². The largest absolute Gasteiger partial charge is 0.496 e. The number of nitrogens with zero attached hydrogens (tertiary/aromatic N) is 1. The number of hydrogen-bond acceptors (Lipinski definition) is 7. The van der Waals surface area contributed by atoms with E-state index in [1.54, 1.807) is 54.6 Å². The van der Waals surface area contributed by atoms with E-state index in [9.17, 15) is 13.2 Å². The second-order valence-electron chi connectivity index (χ2n) is 6.27. The SMILES string of the molecule is COc1ccc(Br)cc1C(=O)N/N=C\c1cccc(OC)c1OS(=O)(=O)c1ccccc1. The van der Waals surface area contributed by atoms with Crippen molar-refractivity contribution in [3.8, 4) is 17.2 Å². The maximum absolute atomic E-state index is 12.7. The predicted octanol–water partition coefficient (Wildman–Crippen LogP) is 4.00. The van der Waals surface area contributed by atoms with Crippen molar-refractivity contribution in [2.24, 2.45) is 5.10 Å².